The lowest BCUT2D eigenvalue weighted by Crippen LogP contribution is -2.29. The number of hydrogen-bond donors (Lipinski definition) is 2. The number of rotatable bonds is 4. The van der Waals surface area contributed by atoms with Crippen molar-refractivity contribution in [1.29, 1.82) is 0 Å². The van der Waals surface area contributed by atoms with Crippen molar-refractivity contribution in [2.24, 2.45) is 11.3 Å². The first-order valence-electron chi connectivity index (χ1n) is 9.68. The second-order valence-electron chi connectivity index (χ2n) is 9.02. The van der Waals surface area contributed by atoms with Gasteiger partial charge in [0.1, 0.15) is 5.69 Å². The Labute approximate surface area is 164 Å². The number of amides is 1. The third-order valence-corrected chi connectivity index (χ3v) is 6.49. The molecule has 0 bridgehead atoms. The Hall–Kier alpha value is -2.08. The van der Waals surface area contributed by atoms with Crippen molar-refractivity contribution in [2.75, 3.05) is 13.6 Å². The predicted octanol–water partition coefficient (Wildman–Crippen LogP) is 4.86. The van der Waals surface area contributed by atoms with E-state index in [1.807, 2.05) is 18.0 Å². The molecule has 2 N–H and O–H groups in total. The highest BCUT2D eigenvalue weighted by Crippen LogP contribution is 2.39. The number of aromatic nitrogens is 3. The van der Waals surface area contributed by atoms with Crippen LogP contribution < -0.4 is 0 Å². The molecule has 3 aromatic rings. The van der Waals surface area contributed by atoms with Gasteiger partial charge in [-0.2, -0.15) is 5.10 Å². The normalized spacial score (nSPS) is 16.1. The molecule has 4 rings (SSSR count). The molecule has 3 heterocycles. The highest BCUT2D eigenvalue weighted by Gasteiger charge is 2.29. The van der Waals surface area contributed by atoms with Crippen LogP contribution in [0.5, 0.6) is 0 Å². The van der Waals surface area contributed by atoms with Gasteiger partial charge in [0, 0.05) is 24.8 Å². The molecule has 6 heteroatoms. The van der Waals surface area contributed by atoms with Crippen LogP contribution in [0.3, 0.4) is 0 Å². The number of nitrogens with one attached hydrogen (secondary N) is 2. The molecule has 0 saturated carbocycles. The molecule has 0 aliphatic heterocycles. The summed E-state index contributed by atoms with van der Waals surface area (Å²) >= 11 is 1.56. The molecule has 0 saturated heterocycles. The highest BCUT2D eigenvalue weighted by molar-refractivity contribution is 7.20. The molecule has 3 aromatic heterocycles. The Kier molecular flexibility index (Phi) is 4.41. The van der Waals surface area contributed by atoms with Gasteiger partial charge >= 0.3 is 0 Å². The molecule has 0 unspecified atom stereocenters. The summed E-state index contributed by atoms with van der Waals surface area (Å²) in [5.41, 5.74) is 6.05. The topological polar surface area (TPSA) is 64.8 Å². The van der Waals surface area contributed by atoms with E-state index in [4.69, 9.17) is 0 Å². The van der Waals surface area contributed by atoms with Gasteiger partial charge in [-0.15, -0.1) is 11.3 Å². The molecule has 1 aliphatic rings. The number of hydrogen-bond acceptors (Lipinski definition) is 3. The minimum Gasteiger partial charge on any atom is -0.352 e. The van der Waals surface area contributed by atoms with E-state index in [1.54, 1.807) is 11.3 Å². The number of nitrogens with zero attached hydrogens (tertiary/aromatic N) is 2. The third-order valence-electron chi connectivity index (χ3n) is 5.42. The number of fused-ring (bicyclic) bond motifs is 2. The lowest BCUT2D eigenvalue weighted by molar-refractivity contribution is 0.0784. The van der Waals surface area contributed by atoms with E-state index >= 15 is 0 Å². The van der Waals surface area contributed by atoms with Gasteiger partial charge in [-0.05, 0) is 42.7 Å². The molecule has 1 amide bonds. The summed E-state index contributed by atoms with van der Waals surface area (Å²) in [6.45, 7) is 9.65. The highest BCUT2D eigenvalue weighted by atomic mass is 32.1. The Morgan fingerprint density at radius 3 is 2.85 bits per heavy atom. The molecular weight excluding hydrogens is 356 g/mol. The zero-order valence-electron chi connectivity index (χ0n) is 16.8. The number of carbonyl (C=O) groups is 1. The first-order valence-corrected chi connectivity index (χ1v) is 10.5. The van der Waals surface area contributed by atoms with Gasteiger partial charge in [-0.25, -0.2) is 0 Å². The molecule has 5 nitrogen and oxygen atoms in total. The standard InChI is InChI=1S/C21H28N4OS/c1-12(2)11-25(5)20(26)18-8-14-17(27-18)9-15(22-14)19-13-6-7-21(3,4)10-16(13)23-24-19/h8-9,12,22H,6-7,10-11H2,1-5H3,(H,23,24). The van der Waals surface area contributed by atoms with E-state index < -0.39 is 0 Å². The molecule has 0 atom stereocenters. The quantitative estimate of drug-likeness (QED) is 0.674. The van der Waals surface area contributed by atoms with Crippen molar-refractivity contribution in [1.82, 2.24) is 20.1 Å². The largest absolute Gasteiger partial charge is 0.352 e. The maximum Gasteiger partial charge on any atom is 0.263 e. The van der Waals surface area contributed by atoms with Gasteiger partial charge < -0.3 is 9.88 Å². The van der Waals surface area contributed by atoms with E-state index in [0.29, 0.717) is 11.3 Å². The van der Waals surface area contributed by atoms with Gasteiger partial charge in [0.25, 0.3) is 5.91 Å². The van der Waals surface area contributed by atoms with Crippen LogP contribution in [-0.2, 0) is 12.8 Å². The van der Waals surface area contributed by atoms with Crippen molar-refractivity contribution < 1.29 is 4.79 Å². The number of thiophene rings is 1. The molecule has 0 aromatic carbocycles. The summed E-state index contributed by atoms with van der Waals surface area (Å²) in [6.07, 6.45) is 3.29. The Bertz CT molecular complexity index is 960. The number of aromatic amines is 2. The third kappa shape index (κ3) is 3.43. The SMILES string of the molecule is CC(C)CN(C)C(=O)c1cc2[nH]c(-c3n[nH]c4c3CCC(C)(C)C4)cc2s1. The zero-order chi connectivity index (χ0) is 19.3. The van der Waals surface area contributed by atoms with Crippen molar-refractivity contribution in [2.45, 2.75) is 47.0 Å². The molecule has 0 spiro atoms. The molecule has 0 radical (unpaired) electrons. The average Bonchev–Trinajstić information content (AvgIpc) is 3.23. The summed E-state index contributed by atoms with van der Waals surface area (Å²) < 4.78 is 1.11. The molecule has 144 valence electrons. The molecular formula is C21H28N4OS. The van der Waals surface area contributed by atoms with E-state index in [9.17, 15) is 4.79 Å². The second-order valence-corrected chi connectivity index (χ2v) is 10.1. The zero-order valence-corrected chi connectivity index (χ0v) is 17.6. The molecule has 27 heavy (non-hydrogen) atoms. The molecule has 0 fully saturated rings. The maximum atomic E-state index is 12.6. The minimum absolute atomic E-state index is 0.0965. The second kappa shape index (κ2) is 6.51. The summed E-state index contributed by atoms with van der Waals surface area (Å²) in [4.78, 5) is 18.7. The summed E-state index contributed by atoms with van der Waals surface area (Å²) in [5.74, 6) is 0.561. The first-order chi connectivity index (χ1) is 12.7. The predicted molar refractivity (Wildman–Crippen MR) is 111 cm³/mol. The van der Waals surface area contributed by atoms with Crippen molar-refractivity contribution >= 4 is 27.5 Å². The average molecular weight is 385 g/mol. The fraction of sp³-hybridized carbons (Fsp3) is 0.524. The van der Waals surface area contributed by atoms with Gasteiger partial charge in [0.15, 0.2) is 0 Å². The van der Waals surface area contributed by atoms with Crippen molar-refractivity contribution in [3.8, 4) is 11.4 Å². The van der Waals surface area contributed by atoms with Gasteiger partial charge in [-0.1, -0.05) is 27.7 Å². The van der Waals surface area contributed by atoms with Crippen LogP contribution in [0.15, 0.2) is 12.1 Å². The summed E-state index contributed by atoms with van der Waals surface area (Å²) in [5, 5.41) is 7.85. The van der Waals surface area contributed by atoms with Gasteiger partial charge in [0.05, 0.1) is 20.8 Å². The lowest BCUT2D eigenvalue weighted by Gasteiger charge is -2.28. The van der Waals surface area contributed by atoms with Crippen molar-refractivity contribution in [3.63, 3.8) is 0 Å². The van der Waals surface area contributed by atoms with E-state index in [-0.39, 0.29) is 5.91 Å². The van der Waals surface area contributed by atoms with Crippen LogP contribution in [0.4, 0.5) is 0 Å². The maximum absolute atomic E-state index is 12.6. The van der Waals surface area contributed by atoms with Gasteiger partial charge in [-0.3, -0.25) is 9.89 Å². The van der Waals surface area contributed by atoms with E-state index in [1.165, 1.54) is 17.7 Å². The smallest absolute Gasteiger partial charge is 0.263 e. The molecule has 1 aliphatic carbocycles. The monoisotopic (exact) mass is 384 g/mol. The summed E-state index contributed by atoms with van der Waals surface area (Å²) in [6, 6.07) is 4.11. The fourth-order valence-electron chi connectivity index (χ4n) is 4.04. The van der Waals surface area contributed by atoms with Crippen LogP contribution in [0.1, 0.15) is 55.0 Å². The van der Waals surface area contributed by atoms with Crippen LogP contribution in [0.2, 0.25) is 0 Å². The summed E-state index contributed by atoms with van der Waals surface area (Å²) in [7, 11) is 1.87. The minimum atomic E-state index is 0.0965. The van der Waals surface area contributed by atoms with E-state index in [0.717, 1.165) is 45.9 Å². The fourth-order valence-corrected chi connectivity index (χ4v) is 5.10. The van der Waals surface area contributed by atoms with Crippen LogP contribution in [0.25, 0.3) is 21.6 Å². The van der Waals surface area contributed by atoms with Crippen LogP contribution in [0, 0.1) is 11.3 Å². The van der Waals surface area contributed by atoms with Crippen molar-refractivity contribution in [3.05, 3.63) is 28.3 Å². The van der Waals surface area contributed by atoms with Crippen LogP contribution in [-0.4, -0.2) is 39.6 Å². The Balaban J connectivity index is 1.60. The first kappa shape index (κ1) is 18.3. The lowest BCUT2D eigenvalue weighted by atomic mass is 9.76. The Morgan fingerprint density at radius 1 is 1.37 bits per heavy atom. The van der Waals surface area contributed by atoms with Gasteiger partial charge in [0.2, 0.25) is 0 Å². The van der Waals surface area contributed by atoms with E-state index in [2.05, 4.69) is 48.9 Å². The number of H-pyrrole nitrogens is 2. The number of carbonyl (C=O) groups excluding carboxylic acids is 1. The van der Waals surface area contributed by atoms with Crippen LogP contribution >= 0.6 is 11.3 Å². The Morgan fingerprint density at radius 2 is 2.15 bits per heavy atom.